The normalized spacial score (nSPS) is 13.0. The molecule has 136 valence electrons. The Labute approximate surface area is 156 Å². The molecule has 1 aliphatic rings. The molecule has 0 atom stereocenters. The fourth-order valence-electron chi connectivity index (χ4n) is 3.92. The quantitative estimate of drug-likeness (QED) is 0.436. The monoisotopic (exact) mass is 362 g/mol. The van der Waals surface area contributed by atoms with E-state index < -0.39 is 0 Å². The van der Waals surface area contributed by atoms with Gasteiger partial charge in [0.25, 0.3) is 0 Å². The van der Waals surface area contributed by atoms with E-state index in [1.54, 1.807) is 0 Å². The van der Waals surface area contributed by atoms with Gasteiger partial charge in [-0.25, -0.2) is 0 Å². The summed E-state index contributed by atoms with van der Waals surface area (Å²) < 4.78 is 18.8. The predicted molar refractivity (Wildman–Crippen MR) is 104 cm³/mol. The summed E-state index contributed by atoms with van der Waals surface area (Å²) in [4.78, 5) is 0. The van der Waals surface area contributed by atoms with Crippen LogP contribution in [0.5, 0.6) is 23.0 Å². The minimum absolute atomic E-state index is 0.184. The molecule has 0 fully saturated rings. The molecule has 1 aromatic heterocycles. The Morgan fingerprint density at radius 3 is 2.52 bits per heavy atom. The van der Waals surface area contributed by atoms with Gasteiger partial charge in [-0.1, -0.05) is 6.07 Å². The zero-order valence-corrected chi connectivity index (χ0v) is 15.3. The first-order valence-corrected chi connectivity index (χ1v) is 9.18. The maximum atomic E-state index is 10.7. The summed E-state index contributed by atoms with van der Waals surface area (Å²) in [5, 5.41) is 15.8. The van der Waals surface area contributed by atoms with Gasteiger partial charge in [-0.15, -0.1) is 0 Å². The highest BCUT2D eigenvalue weighted by Crippen LogP contribution is 2.41. The van der Waals surface area contributed by atoms with Crippen LogP contribution in [0.4, 0.5) is 0 Å². The number of phenols is 1. The van der Waals surface area contributed by atoms with Crippen LogP contribution in [-0.2, 0) is 6.54 Å². The summed E-state index contributed by atoms with van der Waals surface area (Å²) in [5.74, 6) is 2.25. The van der Waals surface area contributed by atoms with Crippen molar-refractivity contribution in [3.05, 3.63) is 42.6 Å². The molecule has 1 aliphatic heterocycles. The lowest BCUT2D eigenvalue weighted by atomic mass is 10.00. The van der Waals surface area contributed by atoms with E-state index in [-0.39, 0.29) is 12.5 Å². The minimum atomic E-state index is 0.184. The number of ether oxygens (including phenoxy) is 3. The van der Waals surface area contributed by atoms with Gasteiger partial charge in [0.1, 0.15) is 6.54 Å². The number of benzene rings is 3. The van der Waals surface area contributed by atoms with Crippen molar-refractivity contribution < 1.29 is 23.9 Å². The molecule has 5 rings (SSSR count). The van der Waals surface area contributed by atoms with E-state index in [9.17, 15) is 5.11 Å². The van der Waals surface area contributed by atoms with E-state index in [0.717, 1.165) is 50.5 Å². The molecular formula is C22H20NO4+. The maximum absolute atomic E-state index is 10.7. The lowest BCUT2D eigenvalue weighted by Gasteiger charge is -2.11. The van der Waals surface area contributed by atoms with E-state index in [1.807, 2.05) is 37.4 Å². The first-order valence-electron chi connectivity index (χ1n) is 9.18. The minimum Gasteiger partial charge on any atom is -0.504 e. The van der Waals surface area contributed by atoms with Gasteiger partial charge < -0.3 is 19.3 Å². The topological polar surface area (TPSA) is 51.8 Å². The fourth-order valence-corrected chi connectivity index (χ4v) is 3.92. The number of phenolic OH excluding ortho intramolecular Hbond substituents is 1. The van der Waals surface area contributed by atoms with Crippen LogP contribution < -0.4 is 18.8 Å². The zero-order chi connectivity index (χ0) is 18.5. The molecule has 0 bridgehead atoms. The molecule has 5 nitrogen and oxygen atoms in total. The molecule has 0 aliphatic carbocycles. The van der Waals surface area contributed by atoms with Crippen molar-refractivity contribution in [2.75, 3.05) is 13.4 Å². The van der Waals surface area contributed by atoms with Crippen molar-refractivity contribution in [2.24, 2.45) is 0 Å². The summed E-state index contributed by atoms with van der Waals surface area (Å²) in [6.45, 7) is 5.55. The summed E-state index contributed by atoms with van der Waals surface area (Å²) >= 11 is 0. The summed E-state index contributed by atoms with van der Waals surface area (Å²) in [5.41, 5.74) is 1.12. The summed E-state index contributed by atoms with van der Waals surface area (Å²) in [6, 6.07) is 12.1. The second kappa shape index (κ2) is 5.91. The van der Waals surface area contributed by atoms with E-state index in [0.29, 0.717) is 12.4 Å². The Hall–Kier alpha value is -3.21. The van der Waals surface area contributed by atoms with Crippen LogP contribution >= 0.6 is 0 Å². The smallest absolute Gasteiger partial charge is 0.231 e. The van der Waals surface area contributed by atoms with E-state index >= 15 is 0 Å². The number of hydrogen-bond acceptors (Lipinski definition) is 4. The van der Waals surface area contributed by atoms with Crippen LogP contribution in [0.3, 0.4) is 0 Å². The second-order valence-corrected chi connectivity index (χ2v) is 6.61. The maximum Gasteiger partial charge on any atom is 0.231 e. The highest BCUT2D eigenvalue weighted by molar-refractivity contribution is 6.15. The standard InChI is InChI=1S/C22H19NO4/c1-3-23-11-17-14(7-8-18(22(17)24)25-4-2)15-6-5-13-9-19-20(27-12-26-19)10-16(13)21(15)23/h5-11H,3-4,12H2,1-2H3/p+1. The van der Waals surface area contributed by atoms with Gasteiger partial charge in [-0.2, -0.15) is 4.57 Å². The van der Waals surface area contributed by atoms with Gasteiger partial charge in [0.05, 0.1) is 22.8 Å². The van der Waals surface area contributed by atoms with Crippen LogP contribution in [-0.4, -0.2) is 18.5 Å². The van der Waals surface area contributed by atoms with Gasteiger partial charge >= 0.3 is 0 Å². The third kappa shape index (κ3) is 2.28. The molecule has 0 saturated carbocycles. The van der Waals surface area contributed by atoms with Crippen molar-refractivity contribution in [2.45, 2.75) is 20.4 Å². The van der Waals surface area contributed by atoms with Gasteiger partial charge in [0.15, 0.2) is 29.2 Å². The van der Waals surface area contributed by atoms with Crippen LogP contribution in [0, 0.1) is 0 Å². The van der Waals surface area contributed by atoms with Crippen LogP contribution in [0.1, 0.15) is 13.8 Å². The fraction of sp³-hybridized carbons (Fsp3) is 0.227. The molecule has 0 unspecified atom stereocenters. The lowest BCUT2D eigenvalue weighted by Crippen LogP contribution is -2.33. The Balaban J connectivity index is 1.91. The lowest BCUT2D eigenvalue weighted by molar-refractivity contribution is -0.665. The first kappa shape index (κ1) is 16.0. The predicted octanol–water partition coefficient (Wildman–Crippen LogP) is 4.29. The van der Waals surface area contributed by atoms with E-state index in [1.165, 1.54) is 0 Å². The Morgan fingerprint density at radius 1 is 0.963 bits per heavy atom. The first-order chi connectivity index (χ1) is 13.2. The second-order valence-electron chi connectivity index (χ2n) is 6.61. The van der Waals surface area contributed by atoms with Crippen LogP contribution in [0.25, 0.3) is 32.4 Å². The van der Waals surface area contributed by atoms with Gasteiger partial charge in [0, 0.05) is 5.39 Å². The number of aryl methyl sites for hydroxylation is 1. The van der Waals surface area contributed by atoms with Crippen molar-refractivity contribution in [1.82, 2.24) is 0 Å². The largest absolute Gasteiger partial charge is 0.504 e. The van der Waals surface area contributed by atoms with Crippen molar-refractivity contribution >= 4 is 32.4 Å². The summed E-state index contributed by atoms with van der Waals surface area (Å²) in [6.07, 6.45) is 2.00. The number of fused-ring (bicyclic) bond motifs is 6. The van der Waals surface area contributed by atoms with E-state index in [2.05, 4.69) is 23.6 Å². The number of aromatic nitrogens is 1. The third-order valence-electron chi connectivity index (χ3n) is 5.17. The molecular weight excluding hydrogens is 342 g/mol. The number of rotatable bonds is 3. The molecule has 3 aromatic carbocycles. The molecule has 4 aromatic rings. The number of nitrogens with zero attached hydrogens (tertiary/aromatic N) is 1. The summed E-state index contributed by atoms with van der Waals surface area (Å²) in [7, 11) is 0. The van der Waals surface area contributed by atoms with Crippen LogP contribution in [0.15, 0.2) is 42.6 Å². The third-order valence-corrected chi connectivity index (χ3v) is 5.17. The molecule has 0 radical (unpaired) electrons. The Kier molecular flexibility index (Phi) is 3.50. The number of pyridine rings is 1. The van der Waals surface area contributed by atoms with Crippen LogP contribution in [0.2, 0.25) is 0 Å². The molecule has 27 heavy (non-hydrogen) atoms. The Bertz CT molecular complexity index is 1220. The van der Waals surface area contributed by atoms with Crippen molar-refractivity contribution in [1.29, 1.82) is 0 Å². The zero-order valence-electron chi connectivity index (χ0n) is 15.3. The van der Waals surface area contributed by atoms with Gasteiger partial charge in [-0.3, -0.25) is 0 Å². The molecule has 0 spiro atoms. The molecule has 0 amide bonds. The van der Waals surface area contributed by atoms with E-state index in [4.69, 9.17) is 14.2 Å². The highest BCUT2D eigenvalue weighted by Gasteiger charge is 2.22. The average Bonchev–Trinajstić information content (AvgIpc) is 3.15. The molecule has 5 heteroatoms. The molecule has 0 saturated heterocycles. The molecule has 2 heterocycles. The Morgan fingerprint density at radius 2 is 1.74 bits per heavy atom. The van der Waals surface area contributed by atoms with Gasteiger partial charge in [0.2, 0.25) is 12.3 Å². The number of hydrogen-bond donors (Lipinski definition) is 1. The van der Waals surface area contributed by atoms with Gasteiger partial charge in [-0.05, 0) is 49.6 Å². The van der Waals surface area contributed by atoms with Crippen molar-refractivity contribution in [3.8, 4) is 23.0 Å². The average molecular weight is 362 g/mol. The SMILES string of the molecule is CCOc1ccc2c(c[n+](CC)c3c4cc5c(cc4ccc23)OCO5)c1O. The highest BCUT2D eigenvalue weighted by atomic mass is 16.7. The number of aromatic hydroxyl groups is 1. The van der Waals surface area contributed by atoms with Crippen molar-refractivity contribution in [3.63, 3.8) is 0 Å². The molecule has 1 N–H and O–H groups in total.